The van der Waals surface area contributed by atoms with Crippen LogP contribution < -0.4 is 5.73 Å². The van der Waals surface area contributed by atoms with Crippen LogP contribution in [0.2, 0.25) is 0 Å². The van der Waals surface area contributed by atoms with Crippen molar-refractivity contribution in [2.75, 3.05) is 13.1 Å². The molecule has 1 aromatic heterocycles. The van der Waals surface area contributed by atoms with Crippen LogP contribution in [0, 0.1) is 0 Å². The van der Waals surface area contributed by atoms with Gasteiger partial charge in [0.05, 0.1) is 18.1 Å². The van der Waals surface area contributed by atoms with Gasteiger partial charge in [0.1, 0.15) is 5.76 Å². The molecule has 1 rings (SSSR count). The molecule has 5 nitrogen and oxygen atoms in total. The smallest absolute Gasteiger partial charge is 0.218 e. The molecule has 0 aromatic carbocycles. The Labute approximate surface area is 96.3 Å². The molecule has 16 heavy (non-hydrogen) atoms. The zero-order chi connectivity index (χ0) is 12.2. The van der Waals surface area contributed by atoms with E-state index in [2.05, 4.69) is 0 Å². The van der Waals surface area contributed by atoms with Crippen molar-refractivity contribution in [1.82, 2.24) is 4.31 Å². The molecule has 1 unspecified atom stereocenters. The zero-order valence-corrected chi connectivity index (χ0v) is 10.4. The van der Waals surface area contributed by atoms with Gasteiger partial charge < -0.3 is 10.2 Å². The Kier molecular flexibility index (Phi) is 4.52. The standard InChI is InChI=1S/C10H18N2O3S/c1-3-12(8-10-5-4-6-15-10)16(13,14)9(2)7-11/h4-6,9H,3,7-8,11H2,1-2H3. The lowest BCUT2D eigenvalue weighted by molar-refractivity contribution is 0.371. The van der Waals surface area contributed by atoms with Crippen molar-refractivity contribution in [2.24, 2.45) is 5.73 Å². The van der Waals surface area contributed by atoms with Gasteiger partial charge in [-0.05, 0) is 19.1 Å². The predicted molar refractivity (Wildman–Crippen MR) is 62.2 cm³/mol. The van der Waals surface area contributed by atoms with Crippen molar-refractivity contribution in [3.63, 3.8) is 0 Å². The third-order valence-electron chi connectivity index (χ3n) is 2.47. The summed E-state index contributed by atoms with van der Waals surface area (Å²) >= 11 is 0. The minimum atomic E-state index is -3.33. The predicted octanol–water partition coefficient (Wildman–Crippen LogP) is 0.778. The van der Waals surface area contributed by atoms with E-state index in [-0.39, 0.29) is 13.1 Å². The highest BCUT2D eigenvalue weighted by Gasteiger charge is 2.27. The van der Waals surface area contributed by atoms with Gasteiger partial charge in [-0.1, -0.05) is 6.92 Å². The fourth-order valence-electron chi connectivity index (χ4n) is 1.33. The van der Waals surface area contributed by atoms with Gasteiger partial charge >= 0.3 is 0 Å². The van der Waals surface area contributed by atoms with Gasteiger partial charge in [0.15, 0.2) is 0 Å². The highest BCUT2D eigenvalue weighted by molar-refractivity contribution is 7.89. The zero-order valence-electron chi connectivity index (χ0n) is 9.59. The average molecular weight is 246 g/mol. The number of hydrogen-bond donors (Lipinski definition) is 1. The quantitative estimate of drug-likeness (QED) is 0.804. The third kappa shape index (κ3) is 2.84. The number of rotatable bonds is 6. The summed E-state index contributed by atoms with van der Waals surface area (Å²) in [6.45, 7) is 4.20. The van der Waals surface area contributed by atoms with Crippen molar-refractivity contribution >= 4 is 10.0 Å². The molecule has 0 amide bonds. The molecule has 0 aliphatic carbocycles. The first kappa shape index (κ1) is 13.2. The number of hydrogen-bond acceptors (Lipinski definition) is 4. The van der Waals surface area contributed by atoms with Crippen molar-refractivity contribution in [1.29, 1.82) is 0 Å². The van der Waals surface area contributed by atoms with E-state index in [1.165, 1.54) is 10.6 Å². The molecular weight excluding hydrogens is 228 g/mol. The second-order valence-electron chi connectivity index (χ2n) is 3.60. The van der Waals surface area contributed by atoms with Gasteiger partial charge in [0.2, 0.25) is 10.0 Å². The Bertz CT molecular complexity index is 400. The molecule has 0 fully saturated rings. The van der Waals surface area contributed by atoms with Crippen LogP contribution in [0.5, 0.6) is 0 Å². The molecular formula is C10H18N2O3S. The lowest BCUT2D eigenvalue weighted by atomic mass is 10.4. The summed E-state index contributed by atoms with van der Waals surface area (Å²) in [6, 6.07) is 3.49. The molecule has 0 aliphatic heterocycles. The van der Waals surface area contributed by atoms with Gasteiger partial charge in [-0.2, -0.15) is 4.31 Å². The normalized spacial score (nSPS) is 14.2. The van der Waals surface area contributed by atoms with E-state index >= 15 is 0 Å². The van der Waals surface area contributed by atoms with Crippen LogP contribution in [-0.4, -0.2) is 31.1 Å². The van der Waals surface area contributed by atoms with Crippen molar-refractivity contribution in [3.05, 3.63) is 24.2 Å². The lowest BCUT2D eigenvalue weighted by Gasteiger charge is -2.22. The first-order chi connectivity index (χ1) is 7.52. The minimum absolute atomic E-state index is 0.122. The highest BCUT2D eigenvalue weighted by Crippen LogP contribution is 2.13. The molecule has 92 valence electrons. The topological polar surface area (TPSA) is 76.5 Å². The van der Waals surface area contributed by atoms with Crippen LogP contribution in [0.1, 0.15) is 19.6 Å². The van der Waals surface area contributed by atoms with Crippen LogP contribution in [0.3, 0.4) is 0 Å². The van der Waals surface area contributed by atoms with Gasteiger partial charge in [0, 0.05) is 13.1 Å². The number of furan rings is 1. The van der Waals surface area contributed by atoms with Crippen molar-refractivity contribution in [2.45, 2.75) is 25.6 Å². The maximum atomic E-state index is 12.0. The Balaban J connectivity index is 2.82. The highest BCUT2D eigenvalue weighted by atomic mass is 32.2. The molecule has 0 bridgehead atoms. The summed E-state index contributed by atoms with van der Waals surface area (Å²) in [6.07, 6.45) is 1.53. The van der Waals surface area contributed by atoms with Crippen LogP contribution in [-0.2, 0) is 16.6 Å². The number of sulfonamides is 1. The largest absolute Gasteiger partial charge is 0.468 e. The van der Waals surface area contributed by atoms with Crippen LogP contribution >= 0.6 is 0 Å². The number of nitrogens with two attached hydrogens (primary N) is 1. The minimum Gasteiger partial charge on any atom is -0.468 e. The van der Waals surface area contributed by atoms with Gasteiger partial charge in [-0.3, -0.25) is 0 Å². The van der Waals surface area contributed by atoms with Crippen molar-refractivity contribution < 1.29 is 12.8 Å². The molecule has 1 aromatic rings. The fraction of sp³-hybridized carbons (Fsp3) is 0.600. The Morgan fingerprint density at radius 3 is 2.69 bits per heavy atom. The summed E-state index contributed by atoms with van der Waals surface area (Å²) in [5.41, 5.74) is 5.39. The monoisotopic (exact) mass is 246 g/mol. The van der Waals surface area contributed by atoms with E-state index in [0.717, 1.165) is 0 Å². The van der Waals surface area contributed by atoms with Crippen LogP contribution in [0.15, 0.2) is 22.8 Å². The summed E-state index contributed by atoms with van der Waals surface area (Å²) in [5, 5.41) is -0.567. The molecule has 6 heteroatoms. The van der Waals surface area contributed by atoms with Gasteiger partial charge in [-0.15, -0.1) is 0 Å². The Morgan fingerprint density at radius 1 is 1.56 bits per heavy atom. The van der Waals surface area contributed by atoms with E-state index < -0.39 is 15.3 Å². The first-order valence-electron chi connectivity index (χ1n) is 5.23. The Morgan fingerprint density at radius 2 is 2.25 bits per heavy atom. The molecule has 0 saturated carbocycles. The van der Waals surface area contributed by atoms with E-state index in [9.17, 15) is 8.42 Å². The maximum absolute atomic E-state index is 12.0. The molecule has 0 spiro atoms. The first-order valence-corrected chi connectivity index (χ1v) is 6.74. The number of nitrogens with zero attached hydrogens (tertiary/aromatic N) is 1. The lowest BCUT2D eigenvalue weighted by Crippen LogP contribution is -2.40. The van der Waals surface area contributed by atoms with Crippen LogP contribution in [0.25, 0.3) is 0 Å². The van der Waals surface area contributed by atoms with E-state index in [4.69, 9.17) is 10.2 Å². The Hall–Kier alpha value is -0.850. The fourth-order valence-corrected chi connectivity index (χ4v) is 2.75. The molecule has 0 saturated heterocycles. The summed E-state index contributed by atoms with van der Waals surface area (Å²) in [7, 11) is -3.33. The molecule has 1 atom stereocenters. The molecule has 0 aliphatic rings. The summed E-state index contributed by atoms with van der Waals surface area (Å²) < 4.78 is 30.6. The molecule has 1 heterocycles. The van der Waals surface area contributed by atoms with Gasteiger partial charge in [0.25, 0.3) is 0 Å². The maximum Gasteiger partial charge on any atom is 0.218 e. The third-order valence-corrected chi connectivity index (χ3v) is 4.78. The van der Waals surface area contributed by atoms with E-state index in [1.807, 2.05) is 0 Å². The second kappa shape index (κ2) is 5.47. The van der Waals surface area contributed by atoms with Gasteiger partial charge in [-0.25, -0.2) is 8.42 Å². The SMILES string of the molecule is CCN(Cc1ccco1)S(=O)(=O)C(C)CN. The summed E-state index contributed by atoms with van der Waals surface area (Å²) in [4.78, 5) is 0. The van der Waals surface area contributed by atoms with E-state index in [0.29, 0.717) is 12.3 Å². The van der Waals surface area contributed by atoms with Crippen molar-refractivity contribution in [3.8, 4) is 0 Å². The van der Waals surface area contributed by atoms with E-state index in [1.54, 1.807) is 26.0 Å². The molecule has 2 N–H and O–H groups in total. The summed E-state index contributed by atoms with van der Waals surface area (Å²) in [5.74, 6) is 0.634. The molecule has 0 radical (unpaired) electrons. The van der Waals surface area contributed by atoms with Crippen LogP contribution in [0.4, 0.5) is 0 Å². The second-order valence-corrected chi connectivity index (χ2v) is 5.95. The average Bonchev–Trinajstić information content (AvgIpc) is 2.76.